The van der Waals surface area contributed by atoms with Gasteiger partial charge in [-0.3, -0.25) is 14.7 Å². The molecule has 2 aromatic rings. The molecule has 0 aliphatic carbocycles. The van der Waals surface area contributed by atoms with Crippen LogP contribution in [0.4, 0.5) is 11.5 Å². The van der Waals surface area contributed by atoms with E-state index in [4.69, 9.17) is 4.74 Å². The van der Waals surface area contributed by atoms with Crippen LogP contribution in [0, 0.1) is 0 Å². The Hall–Kier alpha value is -3.10. The van der Waals surface area contributed by atoms with Crippen LogP contribution in [0.1, 0.15) is 17.4 Å². The van der Waals surface area contributed by atoms with Crippen LogP contribution in [-0.2, 0) is 4.79 Å². The maximum absolute atomic E-state index is 12.3. The lowest BCUT2D eigenvalue weighted by Gasteiger charge is -2.35. The molecule has 25 heavy (non-hydrogen) atoms. The molecule has 0 bridgehead atoms. The number of anilines is 2. The van der Waals surface area contributed by atoms with Gasteiger partial charge in [0.2, 0.25) is 11.8 Å². The molecular formula is C16H20N6O3. The average molecular weight is 344 g/mol. The minimum absolute atomic E-state index is 0.0611. The number of pyridine rings is 1. The summed E-state index contributed by atoms with van der Waals surface area (Å²) in [7, 11) is 1.54. The lowest BCUT2D eigenvalue weighted by atomic mass is 10.2. The number of nitrogens with zero attached hydrogens (tertiary/aromatic N) is 4. The molecule has 0 aromatic carbocycles. The fourth-order valence-electron chi connectivity index (χ4n) is 2.69. The zero-order chi connectivity index (χ0) is 17.8. The van der Waals surface area contributed by atoms with Gasteiger partial charge in [-0.15, -0.1) is 0 Å². The molecule has 1 fully saturated rings. The molecule has 1 aliphatic rings. The molecule has 1 aliphatic heterocycles. The van der Waals surface area contributed by atoms with Gasteiger partial charge in [0, 0.05) is 45.4 Å². The Kier molecular flexibility index (Phi) is 4.82. The van der Waals surface area contributed by atoms with Crippen molar-refractivity contribution in [3.05, 3.63) is 30.1 Å². The minimum Gasteiger partial charge on any atom is -0.481 e. The zero-order valence-electron chi connectivity index (χ0n) is 14.2. The van der Waals surface area contributed by atoms with Crippen LogP contribution in [0.25, 0.3) is 0 Å². The SMILES string of the molecule is COc1ccc(NC(=O)c2ccn[nH]2)c(N2CCN(C(C)=O)CC2)n1. The lowest BCUT2D eigenvalue weighted by molar-refractivity contribution is -0.129. The highest BCUT2D eigenvalue weighted by molar-refractivity contribution is 6.04. The van der Waals surface area contributed by atoms with Gasteiger partial charge in [0.25, 0.3) is 5.91 Å². The van der Waals surface area contributed by atoms with E-state index in [1.165, 1.54) is 6.20 Å². The highest BCUT2D eigenvalue weighted by Crippen LogP contribution is 2.28. The van der Waals surface area contributed by atoms with E-state index in [2.05, 4.69) is 20.5 Å². The number of carbonyl (C=O) groups excluding carboxylic acids is 2. The number of methoxy groups -OCH3 is 1. The summed E-state index contributed by atoms with van der Waals surface area (Å²) in [5, 5.41) is 9.26. The van der Waals surface area contributed by atoms with E-state index >= 15 is 0 Å². The number of amides is 2. The number of hydrogen-bond donors (Lipinski definition) is 2. The Morgan fingerprint density at radius 2 is 1.96 bits per heavy atom. The van der Waals surface area contributed by atoms with Gasteiger partial charge in [-0.2, -0.15) is 10.1 Å². The maximum Gasteiger partial charge on any atom is 0.273 e. The molecule has 1 saturated heterocycles. The van der Waals surface area contributed by atoms with E-state index in [1.807, 2.05) is 4.90 Å². The van der Waals surface area contributed by atoms with Crippen LogP contribution in [-0.4, -0.2) is 65.2 Å². The van der Waals surface area contributed by atoms with E-state index in [0.29, 0.717) is 49.3 Å². The molecule has 2 aromatic heterocycles. The van der Waals surface area contributed by atoms with Crippen molar-refractivity contribution in [1.29, 1.82) is 0 Å². The summed E-state index contributed by atoms with van der Waals surface area (Å²) in [6.45, 7) is 4.05. The van der Waals surface area contributed by atoms with Gasteiger partial charge in [-0.05, 0) is 12.1 Å². The van der Waals surface area contributed by atoms with Gasteiger partial charge >= 0.3 is 0 Å². The highest BCUT2D eigenvalue weighted by atomic mass is 16.5. The summed E-state index contributed by atoms with van der Waals surface area (Å²) in [5.41, 5.74) is 0.944. The molecule has 132 valence electrons. The minimum atomic E-state index is -0.298. The van der Waals surface area contributed by atoms with Crippen LogP contribution < -0.4 is 15.0 Å². The van der Waals surface area contributed by atoms with Crippen molar-refractivity contribution in [3.8, 4) is 5.88 Å². The predicted molar refractivity (Wildman–Crippen MR) is 91.8 cm³/mol. The van der Waals surface area contributed by atoms with E-state index in [9.17, 15) is 9.59 Å². The molecular weight excluding hydrogens is 324 g/mol. The number of carbonyl (C=O) groups is 2. The number of ether oxygens (including phenoxy) is 1. The van der Waals surface area contributed by atoms with Gasteiger partial charge < -0.3 is 19.9 Å². The molecule has 2 N–H and O–H groups in total. The number of hydrogen-bond acceptors (Lipinski definition) is 6. The first-order chi connectivity index (χ1) is 12.1. The molecule has 9 nitrogen and oxygen atoms in total. The fraction of sp³-hybridized carbons (Fsp3) is 0.375. The summed E-state index contributed by atoms with van der Waals surface area (Å²) in [6.07, 6.45) is 1.52. The Balaban J connectivity index is 1.81. The van der Waals surface area contributed by atoms with Crippen molar-refractivity contribution < 1.29 is 14.3 Å². The Morgan fingerprint density at radius 3 is 2.56 bits per heavy atom. The molecule has 2 amide bonds. The third-order valence-electron chi connectivity index (χ3n) is 4.08. The highest BCUT2D eigenvalue weighted by Gasteiger charge is 2.23. The molecule has 0 saturated carbocycles. The van der Waals surface area contributed by atoms with Crippen molar-refractivity contribution in [2.24, 2.45) is 0 Å². The first-order valence-electron chi connectivity index (χ1n) is 7.94. The second-order valence-corrected chi connectivity index (χ2v) is 5.64. The van der Waals surface area contributed by atoms with Crippen LogP contribution in [0.5, 0.6) is 5.88 Å². The average Bonchev–Trinajstić information content (AvgIpc) is 3.17. The molecule has 0 unspecified atom stereocenters. The lowest BCUT2D eigenvalue weighted by Crippen LogP contribution is -2.48. The summed E-state index contributed by atoms with van der Waals surface area (Å²) < 4.78 is 5.21. The Bertz CT molecular complexity index is 753. The molecule has 0 atom stereocenters. The Labute approximate surface area is 145 Å². The van der Waals surface area contributed by atoms with Crippen LogP contribution in [0.2, 0.25) is 0 Å². The van der Waals surface area contributed by atoms with Crippen LogP contribution >= 0.6 is 0 Å². The number of nitrogens with one attached hydrogen (secondary N) is 2. The fourth-order valence-corrected chi connectivity index (χ4v) is 2.69. The predicted octanol–water partition coefficient (Wildman–Crippen LogP) is 0.734. The number of aromatic nitrogens is 3. The van der Waals surface area contributed by atoms with Gasteiger partial charge in [0.1, 0.15) is 5.69 Å². The van der Waals surface area contributed by atoms with E-state index in [0.717, 1.165) is 0 Å². The molecule has 9 heteroatoms. The largest absolute Gasteiger partial charge is 0.481 e. The van der Waals surface area contributed by atoms with Crippen molar-refractivity contribution in [2.75, 3.05) is 43.5 Å². The second-order valence-electron chi connectivity index (χ2n) is 5.64. The summed E-state index contributed by atoms with van der Waals surface area (Å²) in [6, 6.07) is 5.04. The number of rotatable bonds is 4. The maximum atomic E-state index is 12.3. The molecule has 3 rings (SSSR count). The van der Waals surface area contributed by atoms with Crippen molar-refractivity contribution >= 4 is 23.3 Å². The summed E-state index contributed by atoms with van der Waals surface area (Å²) in [5.74, 6) is 0.845. The van der Waals surface area contributed by atoms with Crippen molar-refractivity contribution in [3.63, 3.8) is 0 Å². The van der Waals surface area contributed by atoms with Gasteiger partial charge in [0.15, 0.2) is 5.82 Å². The normalized spacial score (nSPS) is 14.3. The molecule has 0 spiro atoms. The van der Waals surface area contributed by atoms with E-state index < -0.39 is 0 Å². The number of H-pyrrole nitrogens is 1. The van der Waals surface area contributed by atoms with Crippen LogP contribution in [0.15, 0.2) is 24.4 Å². The zero-order valence-corrected chi connectivity index (χ0v) is 14.2. The van der Waals surface area contributed by atoms with Gasteiger partial charge in [-0.25, -0.2) is 0 Å². The third-order valence-corrected chi connectivity index (χ3v) is 4.08. The first-order valence-corrected chi connectivity index (χ1v) is 7.94. The third kappa shape index (κ3) is 3.70. The van der Waals surface area contributed by atoms with Gasteiger partial charge in [0.05, 0.1) is 12.8 Å². The standard InChI is InChI=1S/C16H20N6O3/c1-11(23)21-7-9-22(10-8-21)15-12(3-4-14(19-15)25-2)18-16(24)13-5-6-17-20-13/h3-6H,7-10H2,1-2H3,(H,17,20)(H,18,24). The van der Waals surface area contributed by atoms with Crippen molar-refractivity contribution in [2.45, 2.75) is 6.92 Å². The summed E-state index contributed by atoms with van der Waals surface area (Å²) in [4.78, 5) is 32.1. The second kappa shape index (κ2) is 7.20. The topological polar surface area (TPSA) is 103 Å². The molecule has 0 radical (unpaired) electrons. The Morgan fingerprint density at radius 1 is 1.20 bits per heavy atom. The van der Waals surface area contributed by atoms with Crippen molar-refractivity contribution in [1.82, 2.24) is 20.1 Å². The first kappa shape index (κ1) is 16.7. The van der Waals surface area contributed by atoms with Gasteiger partial charge in [-0.1, -0.05) is 0 Å². The monoisotopic (exact) mass is 344 g/mol. The number of aromatic amines is 1. The quantitative estimate of drug-likeness (QED) is 0.848. The number of piperazine rings is 1. The smallest absolute Gasteiger partial charge is 0.273 e. The summed E-state index contributed by atoms with van der Waals surface area (Å²) >= 11 is 0. The van der Waals surface area contributed by atoms with Crippen LogP contribution in [0.3, 0.4) is 0 Å². The van der Waals surface area contributed by atoms with E-state index in [-0.39, 0.29) is 11.8 Å². The molecule has 3 heterocycles. The van der Waals surface area contributed by atoms with E-state index in [1.54, 1.807) is 37.1 Å².